The molecule has 0 aromatic heterocycles. The second kappa shape index (κ2) is 9.61. The van der Waals surface area contributed by atoms with Gasteiger partial charge >= 0.3 is 0 Å². The molecule has 1 aliphatic heterocycles. The van der Waals surface area contributed by atoms with Crippen LogP contribution in [0.15, 0.2) is 12.1 Å². The molecule has 27 heavy (non-hydrogen) atoms. The standard InChI is InChI=1S/C22H29F2NO2/c1-2-3-15-4-6-16(7-5-15)8-9-17-13-26-22(27-14-17)18-10-20(23)19(12-25)21(24)11-18/h10-11,15-17,22H,2-9,13-14H2,1H3. The molecule has 0 atom stereocenters. The van der Waals surface area contributed by atoms with Crippen LogP contribution in [-0.2, 0) is 9.47 Å². The van der Waals surface area contributed by atoms with Gasteiger partial charge in [-0.3, -0.25) is 0 Å². The van der Waals surface area contributed by atoms with Crippen LogP contribution in [0.25, 0.3) is 0 Å². The van der Waals surface area contributed by atoms with E-state index in [0.29, 0.717) is 19.1 Å². The lowest BCUT2D eigenvalue weighted by Crippen LogP contribution is -2.28. The third kappa shape index (κ3) is 5.27. The molecule has 2 fully saturated rings. The Morgan fingerprint density at radius 2 is 1.44 bits per heavy atom. The van der Waals surface area contributed by atoms with Crippen molar-refractivity contribution in [2.24, 2.45) is 17.8 Å². The second-order valence-corrected chi connectivity index (χ2v) is 8.09. The number of nitrogens with zero attached hydrogens (tertiary/aromatic N) is 1. The van der Waals surface area contributed by atoms with Crippen molar-refractivity contribution >= 4 is 0 Å². The van der Waals surface area contributed by atoms with E-state index in [1.807, 2.05) is 0 Å². The second-order valence-electron chi connectivity index (χ2n) is 8.09. The van der Waals surface area contributed by atoms with Crippen molar-refractivity contribution in [1.29, 1.82) is 5.26 Å². The zero-order valence-corrected chi connectivity index (χ0v) is 16.1. The van der Waals surface area contributed by atoms with E-state index in [1.54, 1.807) is 0 Å². The number of nitriles is 1. The summed E-state index contributed by atoms with van der Waals surface area (Å²) in [5, 5.41) is 8.75. The van der Waals surface area contributed by atoms with E-state index in [4.69, 9.17) is 14.7 Å². The van der Waals surface area contributed by atoms with Crippen LogP contribution in [0.5, 0.6) is 0 Å². The average molecular weight is 377 g/mol. The topological polar surface area (TPSA) is 42.2 Å². The molecule has 0 N–H and O–H groups in total. The Bertz CT molecular complexity index is 634. The van der Waals surface area contributed by atoms with Gasteiger partial charge in [0, 0.05) is 11.5 Å². The molecule has 5 heteroatoms. The van der Waals surface area contributed by atoms with Crippen LogP contribution in [0.3, 0.4) is 0 Å². The smallest absolute Gasteiger partial charge is 0.184 e. The summed E-state index contributed by atoms with van der Waals surface area (Å²) in [5.74, 6) is 0.336. The van der Waals surface area contributed by atoms with Crippen molar-refractivity contribution in [3.8, 4) is 6.07 Å². The van der Waals surface area contributed by atoms with Gasteiger partial charge in [0.05, 0.1) is 13.2 Å². The maximum atomic E-state index is 13.8. The molecule has 0 unspecified atom stereocenters. The molecule has 1 aromatic rings. The van der Waals surface area contributed by atoms with E-state index in [9.17, 15) is 8.78 Å². The van der Waals surface area contributed by atoms with Crippen LogP contribution in [0.1, 0.15) is 75.7 Å². The Labute approximate surface area is 160 Å². The van der Waals surface area contributed by atoms with Gasteiger partial charge in [-0.2, -0.15) is 5.26 Å². The summed E-state index contributed by atoms with van der Waals surface area (Å²) in [7, 11) is 0. The quantitative estimate of drug-likeness (QED) is 0.621. The van der Waals surface area contributed by atoms with Gasteiger partial charge in [-0.15, -0.1) is 0 Å². The van der Waals surface area contributed by atoms with E-state index in [2.05, 4.69) is 6.92 Å². The van der Waals surface area contributed by atoms with Gasteiger partial charge in [0.1, 0.15) is 23.3 Å². The monoisotopic (exact) mass is 377 g/mol. The number of ether oxygens (including phenoxy) is 2. The Morgan fingerprint density at radius 3 is 1.96 bits per heavy atom. The van der Waals surface area contributed by atoms with E-state index in [1.165, 1.54) is 51.0 Å². The molecule has 0 amide bonds. The van der Waals surface area contributed by atoms with Gasteiger partial charge in [0.25, 0.3) is 0 Å². The summed E-state index contributed by atoms with van der Waals surface area (Å²) >= 11 is 0. The molecule has 0 bridgehead atoms. The largest absolute Gasteiger partial charge is 0.348 e. The molecule has 1 heterocycles. The third-order valence-electron chi connectivity index (χ3n) is 6.06. The van der Waals surface area contributed by atoms with Gasteiger partial charge in [0.2, 0.25) is 0 Å². The first-order valence-electron chi connectivity index (χ1n) is 10.2. The highest BCUT2D eigenvalue weighted by atomic mass is 19.1. The molecule has 1 saturated carbocycles. The normalized spacial score (nSPS) is 28.7. The highest BCUT2D eigenvalue weighted by molar-refractivity contribution is 5.35. The van der Waals surface area contributed by atoms with Gasteiger partial charge in [-0.1, -0.05) is 51.9 Å². The van der Waals surface area contributed by atoms with Crippen LogP contribution in [-0.4, -0.2) is 13.2 Å². The zero-order valence-electron chi connectivity index (χ0n) is 16.1. The fourth-order valence-electron chi connectivity index (χ4n) is 4.43. The summed E-state index contributed by atoms with van der Waals surface area (Å²) in [6, 6.07) is 3.78. The lowest BCUT2D eigenvalue weighted by molar-refractivity contribution is -0.206. The lowest BCUT2D eigenvalue weighted by Gasteiger charge is -2.32. The number of hydrogen-bond acceptors (Lipinski definition) is 3. The fraction of sp³-hybridized carbons (Fsp3) is 0.682. The predicted molar refractivity (Wildman–Crippen MR) is 98.8 cm³/mol. The van der Waals surface area contributed by atoms with Crippen LogP contribution < -0.4 is 0 Å². The SMILES string of the molecule is CCCC1CCC(CCC2COC(c3cc(F)c(C#N)c(F)c3)OC2)CC1. The molecule has 148 valence electrons. The van der Waals surface area contributed by atoms with Crippen molar-refractivity contribution in [2.75, 3.05) is 13.2 Å². The molecule has 1 saturated heterocycles. The highest BCUT2D eigenvalue weighted by Crippen LogP contribution is 2.35. The Balaban J connectivity index is 1.43. The Hall–Kier alpha value is -1.51. The van der Waals surface area contributed by atoms with Crippen LogP contribution in [0.2, 0.25) is 0 Å². The number of rotatable bonds is 6. The lowest BCUT2D eigenvalue weighted by atomic mass is 9.77. The van der Waals surface area contributed by atoms with E-state index in [-0.39, 0.29) is 5.56 Å². The molecule has 1 aliphatic carbocycles. The Morgan fingerprint density at radius 1 is 0.926 bits per heavy atom. The van der Waals surface area contributed by atoms with Crippen molar-refractivity contribution in [3.63, 3.8) is 0 Å². The van der Waals surface area contributed by atoms with E-state index in [0.717, 1.165) is 30.4 Å². The van der Waals surface area contributed by atoms with E-state index >= 15 is 0 Å². The van der Waals surface area contributed by atoms with Crippen LogP contribution in [0.4, 0.5) is 8.78 Å². The Kier molecular flexibility index (Phi) is 7.20. The molecule has 0 spiro atoms. The minimum Gasteiger partial charge on any atom is -0.348 e. The summed E-state index contributed by atoms with van der Waals surface area (Å²) in [6.07, 6.45) is 9.60. The van der Waals surface area contributed by atoms with Gasteiger partial charge in [-0.05, 0) is 30.4 Å². The molecule has 0 radical (unpaired) electrons. The van der Waals surface area contributed by atoms with Crippen molar-refractivity contribution < 1.29 is 18.3 Å². The first-order valence-corrected chi connectivity index (χ1v) is 10.2. The fourth-order valence-corrected chi connectivity index (χ4v) is 4.43. The molecule has 1 aromatic carbocycles. The van der Waals surface area contributed by atoms with Crippen molar-refractivity contribution in [2.45, 2.75) is 64.6 Å². The van der Waals surface area contributed by atoms with Crippen molar-refractivity contribution in [3.05, 3.63) is 34.9 Å². The van der Waals surface area contributed by atoms with Crippen molar-refractivity contribution in [1.82, 2.24) is 0 Å². The van der Waals surface area contributed by atoms with E-state index < -0.39 is 23.5 Å². The minimum absolute atomic E-state index is 0.289. The average Bonchev–Trinajstić information content (AvgIpc) is 2.68. The molecular weight excluding hydrogens is 348 g/mol. The minimum atomic E-state index is -0.875. The number of halogens is 2. The van der Waals surface area contributed by atoms with Gasteiger partial charge in [-0.25, -0.2) is 8.78 Å². The number of benzene rings is 1. The molecular formula is C22H29F2NO2. The van der Waals surface area contributed by atoms with Crippen LogP contribution in [0, 0.1) is 40.7 Å². The number of hydrogen-bond donors (Lipinski definition) is 0. The maximum absolute atomic E-state index is 13.8. The van der Waals surface area contributed by atoms with Gasteiger partial charge in [0.15, 0.2) is 6.29 Å². The maximum Gasteiger partial charge on any atom is 0.184 e. The summed E-state index contributed by atoms with van der Waals surface area (Å²) in [5.41, 5.74) is -0.280. The third-order valence-corrected chi connectivity index (χ3v) is 6.06. The van der Waals surface area contributed by atoms with Gasteiger partial charge < -0.3 is 9.47 Å². The molecule has 3 rings (SSSR count). The molecule has 3 nitrogen and oxygen atoms in total. The van der Waals surface area contributed by atoms with Crippen LogP contribution >= 0.6 is 0 Å². The first-order chi connectivity index (χ1) is 13.1. The molecule has 2 aliphatic rings. The summed E-state index contributed by atoms with van der Waals surface area (Å²) < 4.78 is 39.0. The highest BCUT2D eigenvalue weighted by Gasteiger charge is 2.27. The summed E-state index contributed by atoms with van der Waals surface area (Å²) in [4.78, 5) is 0. The summed E-state index contributed by atoms with van der Waals surface area (Å²) in [6.45, 7) is 3.35. The zero-order chi connectivity index (χ0) is 19.2. The first kappa shape index (κ1) is 20.2. The predicted octanol–water partition coefficient (Wildman–Crippen LogP) is 5.88.